The van der Waals surface area contributed by atoms with Crippen molar-refractivity contribution in [3.63, 3.8) is 0 Å². The summed E-state index contributed by atoms with van der Waals surface area (Å²) in [5.41, 5.74) is 1.13. The van der Waals surface area contributed by atoms with E-state index < -0.39 is 0 Å². The first kappa shape index (κ1) is 13.4. The third kappa shape index (κ3) is 3.71. The molecule has 3 heteroatoms. The van der Waals surface area contributed by atoms with Gasteiger partial charge in [-0.25, -0.2) is 0 Å². The summed E-state index contributed by atoms with van der Waals surface area (Å²) in [6.45, 7) is 5.13. The number of halogens is 1. The molecule has 0 amide bonds. The van der Waals surface area contributed by atoms with Gasteiger partial charge in [-0.1, -0.05) is 36.2 Å². The fourth-order valence-electron chi connectivity index (χ4n) is 1.28. The van der Waals surface area contributed by atoms with Crippen LogP contribution in [0, 0.1) is 5.92 Å². The van der Waals surface area contributed by atoms with Gasteiger partial charge in [-0.2, -0.15) is 0 Å². The minimum Gasteiger partial charge on any atom is -0.497 e. The van der Waals surface area contributed by atoms with Crippen LogP contribution in [0.4, 0.5) is 0 Å². The lowest BCUT2D eigenvalue weighted by Gasteiger charge is -2.14. The van der Waals surface area contributed by atoms with Gasteiger partial charge in [0, 0.05) is 10.9 Å². The molecule has 1 aromatic carbocycles. The molecule has 0 spiro atoms. The standard InChI is InChI=1S/C13H19BrO2/c1-4-10(2)9-16-13-6-5-12(15-3)7-11(13)8-14/h5-7,10H,4,8-9H2,1-3H3. The smallest absolute Gasteiger partial charge is 0.123 e. The molecule has 1 aromatic rings. The maximum atomic E-state index is 5.79. The Labute approximate surface area is 106 Å². The van der Waals surface area contributed by atoms with E-state index in [1.807, 2.05) is 18.2 Å². The van der Waals surface area contributed by atoms with Crippen molar-refractivity contribution in [1.29, 1.82) is 0 Å². The van der Waals surface area contributed by atoms with Crippen molar-refractivity contribution in [2.24, 2.45) is 5.92 Å². The van der Waals surface area contributed by atoms with Crippen molar-refractivity contribution in [2.75, 3.05) is 13.7 Å². The molecule has 0 aromatic heterocycles. The highest BCUT2D eigenvalue weighted by atomic mass is 79.9. The van der Waals surface area contributed by atoms with E-state index in [0.717, 1.165) is 35.4 Å². The second kappa shape index (κ2) is 6.79. The number of ether oxygens (including phenoxy) is 2. The molecule has 1 unspecified atom stereocenters. The third-order valence-electron chi connectivity index (χ3n) is 2.63. The number of alkyl halides is 1. The van der Waals surface area contributed by atoms with Crippen LogP contribution in [-0.4, -0.2) is 13.7 Å². The normalized spacial score (nSPS) is 12.2. The Morgan fingerprint density at radius 2 is 2.12 bits per heavy atom. The van der Waals surface area contributed by atoms with Crippen LogP contribution in [0.25, 0.3) is 0 Å². The van der Waals surface area contributed by atoms with E-state index in [0.29, 0.717) is 5.92 Å². The van der Waals surface area contributed by atoms with Crippen molar-refractivity contribution in [3.05, 3.63) is 23.8 Å². The highest BCUT2D eigenvalue weighted by Crippen LogP contribution is 2.26. The average Bonchev–Trinajstić information content (AvgIpc) is 2.35. The molecule has 1 rings (SSSR count). The summed E-state index contributed by atoms with van der Waals surface area (Å²) >= 11 is 3.46. The monoisotopic (exact) mass is 286 g/mol. The minimum atomic E-state index is 0.588. The SMILES string of the molecule is CCC(C)COc1ccc(OC)cc1CBr. The number of hydrogen-bond donors (Lipinski definition) is 0. The zero-order valence-corrected chi connectivity index (χ0v) is 11.7. The van der Waals surface area contributed by atoms with Crippen LogP contribution in [0.2, 0.25) is 0 Å². The second-order valence-electron chi connectivity index (χ2n) is 3.93. The Kier molecular flexibility index (Phi) is 5.67. The summed E-state index contributed by atoms with van der Waals surface area (Å²) in [6.07, 6.45) is 1.14. The largest absolute Gasteiger partial charge is 0.497 e. The van der Waals surface area contributed by atoms with Crippen molar-refractivity contribution in [2.45, 2.75) is 25.6 Å². The molecule has 0 aliphatic rings. The van der Waals surface area contributed by atoms with E-state index in [1.54, 1.807) is 7.11 Å². The first-order valence-electron chi connectivity index (χ1n) is 5.56. The summed E-state index contributed by atoms with van der Waals surface area (Å²) in [7, 11) is 1.67. The van der Waals surface area contributed by atoms with Crippen LogP contribution >= 0.6 is 15.9 Å². The molecule has 16 heavy (non-hydrogen) atoms. The molecule has 0 radical (unpaired) electrons. The quantitative estimate of drug-likeness (QED) is 0.736. The topological polar surface area (TPSA) is 18.5 Å². The fraction of sp³-hybridized carbons (Fsp3) is 0.538. The first-order valence-corrected chi connectivity index (χ1v) is 6.69. The molecule has 90 valence electrons. The highest BCUT2D eigenvalue weighted by molar-refractivity contribution is 9.08. The Hall–Kier alpha value is -0.700. The lowest BCUT2D eigenvalue weighted by Crippen LogP contribution is -2.08. The Balaban J connectivity index is 2.71. The zero-order valence-electron chi connectivity index (χ0n) is 10.1. The molecule has 0 saturated carbocycles. The van der Waals surface area contributed by atoms with Crippen LogP contribution < -0.4 is 9.47 Å². The lowest BCUT2D eigenvalue weighted by molar-refractivity contribution is 0.254. The Bertz CT molecular complexity index is 326. The predicted molar refractivity (Wildman–Crippen MR) is 70.6 cm³/mol. The molecule has 0 bridgehead atoms. The van der Waals surface area contributed by atoms with Crippen LogP contribution in [-0.2, 0) is 5.33 Å². The summed E-state index contributed by atoms with van der Waals surface area (Å²) in [6, 6.07) is 5.90. The van der Waals surface area contributed by atoms with Gasteiger partial charge in [-0.15, -0.1) is 0 Å². The number of rotatable bonds is 6. The third-order valence-corrected chi connectivity index (χ3v) is 3.24. The van der Waals surface area contributed by atoms with Crippen LogP contribution in [0.3, 0.4) is 0 Å². The molecule has 0 heterocycles. The predicted octanol–water partition coefficient (Wildman–Crippen LogP) is 4.02. The minimum absolute atomic E-state index is 0.588. The molecular weight excluding hydrogens is 268 g/mol. The fourth-order valence-corrected chi connectivity index (χ4v) is 1.72. The maximum Gasteiger partial charge on any atom is 0.123 e. The Morgan fingerprint density at radius 3 is 2.69 bits per heavy atom. The molecule has 0 fully saturated rings. The van der Waals surface area contributed by atoms with Gasteiger partial charge in [0.2, 0.25) is 0 Å². The zero-order chi connectivity index (χ0) is 12.0. The summed E-state index contributed by atoms with van der Waals surface area (Å²) in [5, 5.41) is 0.778. The van der Waals surface area contributed by atoms with Gasteiger partial charge in [0.25, 0.3) is 0 Å². The molecule has 2 nitrogen and oxygen atoms in total. The van der Waals surface area contributed by atoms with Crippen LogP contribution in [0.5, 0.6) is 11.5 Å². The average molecular weight is 287 g/mol. The summed E-state index contributed by atoms with van der Waals surface area (Å²) in [4.78, 5) is 0. The summed E-state index contributed by atoms with van der Waals surface area (Å²) < 4.78 is 11.0. The molecule has 0 aliphatic heterocycles. The van der Waals surface area contributed by atoms with Crippen molar-refractivity contribution < 1.29 is 9.47 Å². The van der Waals surface area contributed by atoms with Gasteiger partial charge < -0.3 is 9.47 Å². The van der Waals surface area contributed by atoms with E-state index in [4.69, 9.17) is 9.47 Å². The molecule has 0 aliphatic carbocycles. The van der Waals surface area contributed by atoms with E-state index in [2.05, 4.69) is 29.8 Å². The van der Waals surface area contributed by atoms with Crippen molar-refractivity contribution in [3.8, 4) is 11.5 Å². The van der Waals surface area contributed by atoms with E-state index >= 15 is 0 Å². The second-order valence-corrected chi connectivity index (χ2v) is 4.49. The van der Waals surface area contributed by atoms with E-state index in [-0.39, 0.29) is 0 Å². The van der Waals surface area contributed by atoms with E-state index in [9.17, 15) is 0 Å². The van der Waals surface area contributed by atoms with Crippen molar-refractivity contribution >= 4 is 15.9 Å². The van der Waals surface area contributed by atoms with Gasteiger partial charge >= 0.3 is 0 Å². The van der Waals surface area contributed by atoms with E-state index in [1.165, 1.54) is 0 Å². The Morgan fingerprint density at radius 1 is 1.38 bits per heavy atom. The number of benzene rings is 1. The van der Waals surface area contributed by atoms with Gasteiger partial charge in [-0.05, 0) is 24.1 Å². The van der Waals surface area contributed by atoms with Gasteiger partial charge in [-0.3, -0.25) is 0 Å². The molecule has 0 saturated heterocycles. The van der Waals surface area contributed by atoms with Crippen LogP contribution in [0.15, 0.2) is 18.2 Å². The van der Waals surface area contributed by atoms with Crippen LogP contribution in [0.1, 0.15) is 25.8 Å². The lowest BCUT2D eigenvalue weighted by atomic mass is 10.1. The molecular formula is C13H19BrO2. The van der Waals surface area contributed by atoms with Gasteiger partial charge in [0.05, 0.1) is 13.7 Å². The number of hydrogen-bond acceptors (Lipinski definition) is 2. The van der Waals surface area contributed by atoms with Gasteiger partial charge in [0.1, 0.15) is 11.5 Å². The molecule has 0 N–H and O–H groups in total. The first-order chi connectivity index (χ1) is 7.71. The van der Waals surface area contributed by atoms with Gasteiger partial charge in [0.15, 0.2) is 0 Å². The maximum absolute atomic E-state index is 5.79. The summed E-state index contributed by atoms with van der Waals surface area (Å²) in [5.74, 6) is 2.40. The highest BCUT2D eigenvalue weighted by Gasteiger charge is 2.06. The molecule has 1 atom stereocenters. The number of methoxy groups -OCH3 is 1. The van der Waals surface area contributed by atoms with Crippen molar-refractivity contribution in [1.82, 2.24) is 0 Å².